The highest BCUT2D eigenvalue weighted by Crippen LogP contribution is 2.17. The number of anilines is 3. The third-order valence-electron chi connectivity index (χ3n) is 4.13. The molecule has 0 aliphatic heterocycles. The fourth-order valence-corrected chi connectivity index (χ4v) is 2.73. The van der Waals surface area contributed by atoms with E-state index in [2.05, 4.69) is 35.5 Å². The van der Waals surface area contributed by atoms with E-state index in [0.29, 0.717) is 17.1 Å². The van der Waals surface area contributed by atoms with Crippen molar-refractivity contribution in [2.24, 2.45) is 0 Å². The smallest absolute Gasteiger partial charge is 0.0426 e. The maximum absolute atomic E-state index is 5.94. The van der Waals surface area contributed by atoms with Crippen molar-refractivity contribution in [1.29, 1.82) is 0 Å². The Labute approximate surface area is 158 Å². The minimum absolute atomic E-state index is 0.638. The van der Waals surface area contributed by atoms with Crippen molar-refractivity contribution in [3.8, 4) is 35.5 Å². The van der Waals surface area contributed by atoms with Crippen molar-refractivity contribution < 1.29 is 0 Å². The van der Waals surface area contributed by atoms with Gasteiger partial charge in [0.25, 0.3) is 0 Å². The van der Waals surface area contributed by atoms with Crippen molar-refractivity contribution in [1.82, 2.24) is 0 Å². The Morgan fingerprint density at radius 2 is 0.630 bits per heavy atom. The molecule has 6 N–H and O–H groups in total. The SMILES string of the molecule is Nc1ccc2c(c1)C#Cc1ccc(N)cc1C#Cc1ccc(N)cc1C#C2. The summed E-state index contributed by atoms with van der Waals surface area (Å²) in [6.07, 6.45) is 0. The Morgan fingerprint density at radius 3 is 0.926 bits per heavy atom. The summed E-state index contributed by atoms with van der Waals surface area (Å²) in [4.78, 5) is 0. The highest BCUT2D eigenvalue weighted by Gasteiger charge is 2.04. The number of nitrogens with two attached hydrogens (primary N) is 3. The predicted octanol–water partition coefficient (Wildman–Crippen LogP) is 2.95. The summed E-state index contributed by atoms with van der Waals surface area (Å²) in [6, 6.07) is 16.5. The Bertz CT molecular complexity index is 1110. The summed E-state index contributed by atoms with van der Waals surface area (Å²) >= 11 is 0. The monoisotopic (exact) mass is 345 g/mol. The molecule has 1 aliphatic carbocycles. The molecule has 0 unspecified atom stereocenters. The van der Waals surface area contributed by atoms with Gasteiger partial charge in [0.1, 0.15) is 0 Å². The largest absolute Gasteiger partial charge is 0.399 e. The molecule has 1 aliphatic rings. The molecule has 0 atom stereocenters. The van der Waals surface area contributed by atoms with E-state index in [4.69, 9.17) is 17.2 Å². The van der Waals surface area contributed by atoms with Crippen LogP contribution in [0.3, 0.4) is 0 Å². The third-order valence-corrected chi connectivity index (χ3v) is 4.13. The second-order valence-electron chi connectivity index (χ2n) is 6.17. The van der Waals surface area contributed by atoms with Gasteiger partial charge in [-0.3, -0.25) is 0 Å². The standard InChI is InChI=1S/C24H15N3/c25-22-10-7-16-1-4-19-13-23(26)11-8-17(19)3-6-21-15-24(27)12-9-18(21)2-5-20(16)14-22/h7-15H,25-27H2. The summed E-state index contributed by atoms with van der Waals surface area (Å²) in [6.45, 7) is 0. The fourth-order valence-electron chi connectivity index (χ4n) is 2.73. The number of benzene rings is 3. The second-order valence-corrected chi connectivity index (χ2v) is 6.17. The molecule has 0 saturated heterocycles. The summed E-state index contributed by atoms with van der Waals surface area (Å²) < 4.78 is 0. The number of rotatable bonds is 0. The van der Waals surface area contributed by atoms with Crippen LogP contribution in [0.25, 0.3) is 0 Å². The van der Waals surface area contributed by atoms with Crippen LogP contribution in [0.1, 0.15) is 33.4 Å². The quantitative estimate of drug-likeness (QED) is 0.339. The van der Waals surface area contributed by atoms with Crippen molar-refractivity contribution in [3.63, 3.8) is 0 Å². The molecule has 0 bridgehead atoms. The van der Waals surface area contributed by atoms with Gasteiger partial charge in [-0.15, -0.1) is 0 Å². The zero-order valence-electron chi connectivity index (χ0n) is 14.4. The van der Waals surface area contributed by atoms with E-state index in [1.54, 1.807) is 0 Å². The third kappa shape index (κ3) is 3.42. The lowest BCUT2D eigenvalue weighted by Crippen LogP contribution is -1.94. The van der Waals surface area contributed by atoms with Gasteiger partial charge in [-0.2, -0.15) is 0 Å². The average molecular weight is 345 g/mol. The lowest BCUT2D eigenvalue weighted by atomic mass is 10.0. The molecule has 3 heteroatoms. The average Bonchev–Trinajstić information content (AvgIpc) is 2.65. The van der Waals surface area contributed by atoms with Crippen LogP contribution < -0.4 is 17.2 Å². The minimum atomic E-state index is 0.638. The normalized spacial score (nSPS) is 10.7. The molecule has 0 amide bonds. The predicted molar refractivity (Wildman–Crippen MR) is 111 cm³/mol. The molecule has 27 heavy (non-hydrogen) atoms. The molecule has 3 aromatic rings. The van der Waals surface area contributed by atoms with E-state index in [-0.39, 0.29) is 0 Å². The minimum Gasteiger partial charge on any atom is -0.399 e. The first-order chi connectivity index (χ1) is 13.1. The maximum Gasteiger partial charge on any atom is 0.0426 e. The van der Waals surface area contributed by atoms with Crippen molar-refractivity contribution in [2.45, 2.75) is 0 Å². The first kappa shape index (κ1) is 16.2. The van der Waals surface area contributed by atoms with Crippen LogP contribution in [0.4, 0.5) is 17.1 Å². The van der Waals surface area contributed by atoms with Gasteiger partial charge < -0.3 is 17.2 Å². The number of nitrogen functional groups attached to an aromatic ring is 3. The number of hydrogen-bond donors (Lipinski definition) is 3. The van der Waals surface area contributed by atoms with E-state index in [1.807, 2.05) is 54.6 Å². The molecule has 0 aromatic heterocycles. The second kappa shape index (κ2) is 6.57. The topological polar surface area (TPSA) is 78.1 Å². The first-order valence-electron chi connectivity index (χ1n) is 8.33. The molecule has 0 heterocycles. The Hall–Kier alpha value is -4.26. The Kier molecular flexibility index (Phi) is 3.94. The van der Waals surface area contributed by atoms with Crippen molar-refractivity contribution in [2.75, 3.05) is 17.2 Å². The van der Waals surface area contributed by atoms with E-state index in [1.165, 1.54) is 0 Å². The zero-order chi connectivity index (χ0) is 18.8. The summed E-state index contributed by atoms with van der Waals surface area (Å²) in [5.41, 5.74) is 24.4. The van der Waals surface area contributed by atoms with Gasteiger partial charge in [-0.25, -0.2) is 0 Å². The van der Waals surface area contributed by atoms with E-state index < -0.39 is 0 Å². The number of hydrogen-bond acceptors (Lipinski definition) is 3. The molecule has 4 rings (SSSR count). The van der Waals surface area contributed by atoms with E-state index >= 15 is 0 Å². The Morgan fingerprint density at radius 1 is 0.370 bits per heavy atom. The molecule has 0 saturated carbocycles. The van der Waals surface area contributed by atoms with Crippen LogP contribution in [0.2, 0.25) is 0 Å². The highest BCUT2D eigenvalue weighted by atomic mass is 14.5. The molecule has 3 nitrogen and oxygen atoms in total. The van der Waals surface area contributed by atoms with Gasteiger partial charge in [0.05, 0.1) is 0 Å². The summed E-state index contributed by atoms with van der Waals surface area (Å²) in [5, 5.41) is 0. The van der Waals surface area contributed by atoms with Crippen LogP contribution in [-0.4, -0.2) is 0 Å². The summed E-state index contributed by atoms with van der Waals surface area (Å²) in [7, 11) is 0. The lowest BCUT2D eigenvalue weighted by Gasteiger charge is -2.03. The number of fused-ring (bicyclic) bond motifs is 3. The Balaban J connectivity index is 2.04. The maximum atomic E-state index is 5.94. The van der Waals surface area contributed by atoms with Gasteiger partial charge in [0, 0.05) is 50.4 Å². The van der Waals surface area contributed by atoms with Crippen molar-refractivity contribution >= 4 is 17.1 Å². The van der Waals surface area contributed by atoms with E-state index in [9.17, 15) is 0 Å². The van der Waals surface area contributed by atoms with Crippen LogP contribution >= 0.6 is 0 Å². The van der Waals surface area contributed by atoms with Crippen LogP contribution in [0.15, 0.2) is 54.6 Å². The highest BCUT2D eigenvalue weighted by molar-refractivity contribution is 5.66. The van der Waals surface area contributed by atoms with E-state index in [0.717, 1.165) is 33.4 Å². The molecular formula is C24H15N3. The van der Waals surface area contributed by atoms with Crippen LogP contribution in [0.5, 0.6) is 0 Å². The molecular weight excluding hydrogens is 330 g/mol. The lowest BCUT2D eigenvalue weighted by molar-refractivity contribution is 1.54. The zero-order valence-corrected chi connectivity index (χ0v) is 14.4. The molecule has 126 valence electrons. The molecule has 0 fully saturated rings. The van der Waals surface area contributed by atoms with Gasteiger partial charge in [-0.05, 0) is 54.6 Å². The summed E-state index contributed by atoms with van der Waals surface area (Å²) in [5.74, 6) is 19.0. The van der Waals surface area contributed by atoms with Crippen LogP contribution in [-0.2, 0) is 0 Å². The first-order valence-corrected chi connectivity index (χ1v) is 8.33. The van der Waals surface area contributed by atoms with Crippen molar-refractivity contribution in [3.05, 3.63) is 88.0 Å². The molecule has 0 spiro atoms. The van der Waals surface area contributed by atoms with Gasteiger partial charge >= 0.3 is 0 Å². The van der Waals surface area contributed by atoms with Gasteiger partial charge in [0.15, 0.2) is 0 Å². The fraction of sp³-hybridized carbons (Fsp3) is 0. The molecule has 3 aromatic carbocycles. The molecule has 0 radical (unpaired) electrons. The van der Waals surface area contributed by atoms with Gasteiger partial charge in [0.2, 0.25) is 0 Å². The van der Waals surface area contributed by atoms with Crippen LogP contribution in [0, 0.1) is 35.5 Å². The van der Waals surface area contributed by atoms with Gasteiger partial charge in [-0.1, -0.05) is 35.5 Å².